The quantitative estimate of drug-likeness (QED) is 0.386. The normalized spacial score (nSPS) is 16.3. The summed E-state index contributed by atoms with van der Waals surface area (Å²) in [5.41, 5.74) is 4.21. The lowest BCUT2D eigenvalue weighted by Gasteiger charge is -2.10. The van der Waals surface area contributed by atoms with Crippen LogP contribution in [0.1, 0.15) is 40.2 Å². The topological polar surface area (TPSA) is 74.8 Å². The molecule has 2 aromatic heterocycles. The van der Waals surface area contributed by atoms with Gasteiger partial charge in [0, 0.05) is 30.1 Å². The molecule has 0 aliphatic carbocycles. The molecule has 0 radical (unpaired) electrons. The first kappa shape index (κ1) is 20.8. The number of aromatic nitrogens is 5. The molecule has 0 spiro atoms. The van der Waals surface area contributed by atoms with E-state index in [0.717, 1.165) is 49.4 Å². The number of ketones is 1. The van der Waals surface area contributed by atoms with Gasteiger partial charge >= 0.3 is 0 Å². The molecule has 4 rings (SSSR count). The first-order valence-corrected chi connectivity index (χ1v) is 11.3. The highest BCUT2D eigenvalue weighted by molar-refractivity contribution is 7.99. The second-order valence-corrected chi connectivity index (χ2v) is 8.60. The number of thioether (sulfide) groups is 1. The molecule has 0 N–H and O–H groups in total. The molecule has 8 heteroatoms. The number of hydrogen-bond donors (Lipinski definition) is 0. The lowest BCUT2D eigenvalue weighted by molar-refractivity contribution is 0.0912. The fourth-order valence-corrected chi connectivity index (χ4v) is 4.69. The number of tetrazole rings is 1. The van der Waals surface area contributed by atoms with Gasteiger partial charge in [-0.2, -0.15) is 0 Å². The van der Waals surface area contributed by atoms with E-state index in [-0.39, 0.29) is 11.9 Å². The van der Waals surface area contributed by atoms with Gasteiger partial charge in [-0.25, -0.2) is 4.68 Å². The Balaban J connectivity index is 1.38. The van der Waals surface area contributed by atoms with E-state index in [0.29, 0.717) is 17.5 Å². The number of aryl methyl sites for hydroxylation is 2. The maximum atomic E-state index is 12.9. The van der Waals surface area contributed by atoms with Gasteiger partial charge in [0.25, 0.3) is 0 Å². The van der Waals surface area contributed by atoms with Crippen LogP contribution in [0.2, 0.25) is 0 Å². The third-order valence-corrected chi connectivity index (χ3v) is 6.53. The average Bonchev–Trinajstić information content (AvgIpc) is 3.48. The van der Waals surface area contributed by atoms with E-state index in [1.165, 1.54) is 17.3 Å². The standard InChI is InChI=1S/C22H27N5O2S/c1-16-13-20(17(2)26(16)11-10-18-7-4-3-5-8-18)21(28)15-30-22-23-24-25-27(22)14-19-9-6-12-29-19/h3-5,7-8,13,19H,6,9-12,14-15H2,1-2H3. The van der Waals surface area contributed by atoms with Gasteiger partial charge in [-0.15, -0.1) is 5.10 Å². The monoisotopic (exact) mass is 425 g/mol. The molecule has 1 unspecified atom stereocenters. The van der Waals surface area contributed by atoms with Crippen molar-refractivity contribution >= 4 is 17.5 Å². The number of nitrogens with zero attached hydrogens (tertiary/aromatic N) is 5. The van der Waals surface area contributed by atoms with Gasteiger partial charge in [0.05, 0.1) is 18.4 Å². The highest BCUT2D eigenvalue weighted by atomic mass is 32.2. The predicted molar refractivity (Wildman–Crippen MR) is 116 cm³/mol. The van der Waals surface area contributed by atoms with Crippen molar-refractivity contribution in [1.29, 1.82) is 0 Å². The molecule has 0 bridgehead atoms. The fraction of sp³-hybridized carbons (Fsp3) is 0.455. The third kappa shape index (κ3) is 4.82. The van der Waals surface area contributed by atoms with E-state index in [4.69, 9.17) is 4.74 Å². The van der Waals surface area contributed by atoms with Crippen LogP contribution in [0.5, 0.6) is 0 Å². The van der Waals surface area contributed by atoms with Gasteiger partial charge in [0.15, 0.2) is 5.78 Å². The number of benzene rings is 1. The van der Waals surface area contributed by atoms with Crippen LogP contribution in [-0.4, -0.2) is 49.0 Å². The van der Waals surface area contributed by atoms with E-state index in [1.54, 1.807) is 4.68 Å². The van der Waals surface area contributed by atoms with E-state index in [9.17, 15) is 4.79 Å². The van der Waals surface area contributed by atoms with Crippen molar-refractivity contribution in [1.82, 2.24) is 24.8 Å². The summed E-state index contributed by atoms with van der Waals surface area (Å²) in [6, 6.07) is 12.4. The molecule has 1 saturated heterocycles. The summed E-state index contributed by atoms with van der Waals surface area (Å²) in [7, 11) is 0. The summed E-state index contributed by atoms with van der Waals surface area (Å²) in [4.78, 5) is 12.9. The number of Topliss-reactive ketones (excluding diaryl/α,β-unsaturated/α-hetero) is 1. The summed E-state index contributed by atoms with van der Waals surface area (Å²) in [5, 5.41) is 12.6. The molecule has 1 aliphatic rings. The Bertz CT molecular complexity index is 992. The van der Waals surface area contributed by atoms with Crippen LogP contribution in [0, 0.1) is 13.8 Å². The molecule has 158 valence electrons. The molecule has 1 aromatic carbocycles. The zero-order chi connectivity index (χ0) is 20.9. The van der Waals surface area contributed by atoms with Crippen molar-refractivity contribution in [3.63, 3.8) is 0 Å². The minimum atomic E-state index is 0.103. The van der Waals surface area contributed by atoms with Crippen LogP contribution >= 0.6 is 11.8 Å². The van der Waals surface area contributed by atoms with Crippen molar-refractivity contribution in [2.24, 2.45) is 0 Å². The summed E-state index contributed by atoms with van der Waals surface area (Å²) in [6.45, 7) is 6.38. The van der Waals surface area contributed by atoms with Crippen molar-refractivity contribution in [2.45, 2.75) is 57.5 Å². The molecule has 1 aliphatic heterocycles. The van der Waals surface area contributed by atoms with E-state index in [1.807, 2.05) is 19.1 Å². The minimum Gasteiger partial charge on any atom is -0.376 e. The Morgan fingerprint density at radius 3 is 2.87 bits per heavy atom. The number of rotatable bonds is 9. The summed E-state index contributed by atoms with van der Waals surface area (Å²) in [6.07, 6.45) is 3.20. The van der Waals surface area contributed by atoms with Gasteiger partial charge in [-0.05, 0) is 55.2 Å². The second kappa shape index (κ2) is 9.57. The number of ether oxygens (including phenoxy) is 1. The summed E-state index contributed by atoms with van der Waals surface area (Å²) >= 11 is 1.39. The van der Waals surface area contributed by atoms with Crippen LogP contribution in [0.15, 0.2) is 41.6 Å². The number of carbonyl (C=O) groups is 1. The van der Waals surface area contributed by atoms with Crippen LogP contribution in [0.3, 0.4) is 0 Å². The Hall–Kier alpha value is -2.45. The molecular weight excluding hydrogens is 398 g/mol. The molecule has 0 amide bonds. The molecule has 3 aromatic rings. The molecule has 1 fully saturated rings. The molecule has 1 atom stereocenters. The minimum absolute atomic E-state index is 0.103. The van der Waals surface area contributed by atoms with Crippen molar-refractivity contribution in [3.05, 3.63) is 58.9 Å². The fourth-order valence-electron chi connectivity index (χ4n) is 3.92. The zero-order valence-electron chi connectivity index (χ0n) is 17.5. The van der Waals surface area contributed by atoms with Gasteiger partial charge in [-0.3, -0.25) is 4.79 Å². The number of hydrogen-bond acceptors (Lipinski definition) is 6. The number of carbonyl (C=O) groups excluding carboxylic acids is 1. The van der Waals surface area contributed by atoms with Gasteiger partial charge in [0.1, 0.15) is 0 Å². The van der Waals surface area contributed by atoms with Crippen LogP contribution in [0.25, 0.3) is 0 Å². The maximum absolute atomic E-state index is 12.9. The molecule has 3 heterocycles. The Morgan fingerprint density at radius 2 is 2.10 bits per heavy atom. The highest BCUT2D eigenvalue weighted by Crippen LogP contribution is 2.22. The van der Waals surface area contributed by atoms with Crippen molar-refractivity contribution < 1.29 is 9.53 Å². The summed E-state index contributed by atoms with van der Waals surface area (Å²) < 4.78 is 9.64. The lowest BCUT2D eigenvalue weighted by Crippen LogP contribution is -2.17. The smallest absolute Gasteiger partial charge is 0.209 e. The largest absolute Gasteiger partial charge is 0.376 e. The van der Waals surface area contributed by atoms with E-state index in [2.05, 4.69) is 51.3 Å². The zero-order valence-corrected chi connectivity index (χ0v) is 18.3. The molecular formula is C22H27N5O2S. The van der Waals surface area contributed by atoms with Crippen LogP contribution < -0.4 is 0 Å². The first-order chi connectivity index (χ1) is 14.6. The van der Waals surface area contributed by atoms with Crippen LogP contribution in [-0.2, 0) is 24.2 Å². The van der Waals surface area contributed by atoms with Crippen LogP contribution in [0.4, 0.5) is 0 Å². The molecule has 7 nitrogen and oxygen atoms in total. The van der Waals surface area contributed by atoms with Gasteiger partial charge < -0.3 is 9.30 Å². The molecule has 0 saturated carbocycles. The third-order valence-electron chi connectivity index (χ3n) is 5.57. The SMILES string of the molecule is Cc1cc(C(=O)CSc2nnnn2CC2CCCO2)c(C)n1CCc1ccccc1. The van der Waals surface area contributed by atoms with Gasteiger partial charge in [-0.1, -0.05) is 42.1 Å². The Labute approximate surface area is 180 Å². The second-order valence-electron chi connectivity index (χ2n) is 7.66. The lowest BCUT2D eigenvalue weighted by atomic mass is 10.1. The first-order valence-electron chi connectivity index (χ1n) is 10.4. The average molecular weight is 426 g/mol. The Morgan fingerprint density at radius 1 is 1.27 bits per heavy atom. The molecule has 30 heavy (non-hydrogen) atoms. The van der Waals surface area contributed by atoms with Gasteiger partial charge in [0.2, 0.25) is 5.16 Å². The maximum Gasteiger partial charge on any atom is 0.209 e. The highest BCUT2D eigenvalue weighted by Gasteiger charge is 2.21. The van der Waals surface area contributed by atoms with Crippen molar-refractivity contribution in [2.75, 3.05) is 12.4 Å². The van der Waals surface area contributed by atoms with Crippen molar-refractivity contribution in [3.8, 4) is 0 Å². The van der Waals surface area contributed by atoms with E-state index < -0.39 is 0 Å². The predicted octanol–water partition coefficient (Wildman–Crippen LogP) is 3.49. The van der Waals surface area contributed by atoms with E-state index >= 15 is 0 Å². The Kier molecular flexibility index (Phi) is 6.64. The summed E-state index contributed by atoms with van der Waals surface area (Å²) in [5.74, 6) is 0.417.